The highest BCUT2D eigenvalue weighted by atomic mass is 32.1. The van der Waals surface area contributed by atoms with Crippen molar-refractivity contribution in [2.45, 2.75) is 31.9 Å². The summed E-state index contributed by atoms with van der Waals surface area (Å²) in [4.78, 5) is 30.6. The summed E-state index contributed by atoms with van der Waals surface area (Å²) in [6.07, 6.45) is 2.44. The molecule has 1 aromatic carbocycles. The number of aromatic nitrogens is 1. The molecule has 25 heavy (non-hydrogen) atoms. The van der Waals surface area contributed by atoms with Gasteiger partial charge in [-0.25, -0.2) is 9.78 Å². The van der Waals surface area contributed by atoms with Crippen molar-refractivity contribution in [3.8, 4) is 5.75 Å². The summed E-state index contributed by atoms with van der Waals surface area (Å²) in [5, 5.41) is 1.92. The largest absolute Gasteiger partial charge is 0.487 e. The highest BCUT2D eigenvalue weighted by Gasteiger charge is 2.33. The maximum Gasteiger partial charge on any atom is 0.328 e. The van der Waals surface area contributed by atoms with Gasteiger partial charge in [-0.15, -0.1) is 11.3 Å². The van der Waals surface area contributed by atoms with Crippen LogP contribution in [0.15, 0.2) is 35.2 Å². The Balaban J connectivity index is 1.72. The molecule has 2 aromatic rings. The Kier molecular flexibility index (Phi) is 5.65. The molecule has 3 rings (SSSR count). The van der Waals surface area contributed by atoms with Gasteiger partial charge in [-0.05, 0) is 37.5 Å². The summed E-state index contributed by atoms with van der Waals surface area (Å²) in [6, 6.07) is 6.52. The maximum absolute atomic E-state index is 12.9. The van der Waals surface area contributed by atoms with Gasteiger partial charge in [0.15, 0.2) is 0 Å². The van der Waals surface area contributed by atoms with Crippen LogP contribution in [0, 0.1) is 0 Å². The molecule has 0 aliphatic carbocycles. The first-order chi connectivity index (χ1) is 12.2. The van der Waals surface area contributed by atoms with Gasteiger partial charge in [0.25, 0.3) is 5.91 Å². The molecule has 0 bridgehead atoms. The summed E-state index contributed by atoms with van der Waals surface area (Å²) in [7, 11) is 1.35. The van der Waals surface area contributed by atoms with E-state index < -0.39 is 6.04 Å². The molecule has 0 saturated carbocycles. The van der Waals surface area contributed by atoms with Crippen LogP contribution in [0.5, 0.6) is 5.75 Å². The zero-order valence-corrected chi connectivity index (χ0v) is 14.8. The van der Waals surface area contributed by atoms with Gasteiger partial charge in [0.2, 0.25) is 0 Å². The smallest absolute Gasteiger partial charge is 0.328 e. The molecule has 1 aliphatic rings. The second-order valence-corrected chi connectivity index (χ2v) is 6.55. The van der Waals surface area contributed by atoms with Crippen LogP contribution >= 0.6 is 11.3 Å². The van der Waals surface area contributed by atoms with Gasteiger partial charge in [-0.2, -0.15) is 0 Å². The number of thiazole rings is 1. The summed E-state index contributed by atoms with van der Waals surface area (Å²) in [5.74, 6) is 0.0728. The van der Waals surface area contributed by atoms with E-state index in [0.29, 0.717) is 30.9 Å². The number of esters is 1. The highest BCUT2D eigenvalue weighted by molar-refractivity contribution is 7.07. The summed E-state index contributed by atoms with van der Waals surface area (Å²) in [6.45, 7) is 0.915. The molecule has 7 heteroatoms. The van der Waals surface area contributed by atoms with E-state index in [0.717, 1.165) is 18.5 Å². The van der Waals surface area contributed by atoms with E-state index >= 15 is 0 Å². The topological polar surface area (TPSA) is 68.7 Å². The number of nitrogens with zero attached hydrogens (tertiary/aromatic N) is 2. The minimum absolute atomic E-state index is 0.172. The van der Waals surface area contributed by atoms with Crippen molar-refractivity contribution in [3.05, 3.63) is 46.4 Å². The van der Waals surface area contributed by atoms with Crippen molar-refractivity contribution in [2.24, 2.45) is 0 Å². The lowest BCUT2D eigenvalue weighted by Gasteiger charge is -2.33. The molecule has 0 N–H and O–H groups in total. The molecule has 1 unspecified atom stereocenters. The number of carbonyl (C=O) groups is 2. The maximum atomic E-state index is 12.9. The first kappa shape index (κ1) is 17.4. The lowest BCUT2D eigenvalue weighted by molar-refractivity contribution is -0.147. The third kappa shape index (κ3) is 4.17. The molecule has 1 aliphatic heterocycles. The summed E-state index contributed by atoms with van der Waals surface area (Å²) >= 11 is 1.51. The second-order valence-electron chi connectivity index (χ2n) is 5.83. The average molecular weight is 360 g/mol. The van der Waals surface area contributed by atoms with Crippen molar-refractivity contribution in [1.29, 1.82) is 0 Å². The minimum atomic E-state index is -0.508. The number of hydrogen-bond donors (Lipinski definition) is 0. The van der Waals surface area contributed by atoms with Crippen molar-refractivity contribution in [3.63, 3.8) is 0 Å². The van der Waals surface area contributed by atoms with Crippen molar-refractivity contribution in [1.82, 2.24) is 9.88 Å². The molecule has 6 nitrogen and oxygen atoms in total. The number of piperidine rings is 1. The molecular weight excluding hydrogens is 340 g/mol. The van der Waals surface area contributed by atoms with E-state index in [2.05, 4.69) is 4.98 Å². The van der Waals surface area contributed by atoms with Crippen LogP contribution in [-0.4, -0.2) is 41.5 Å². The lowest BCUT2D eigenvalue weighted by atomic mass is 10.0. The standard InChI is InChI=1S/C18H20N2O4S/c1-23-18(22)16-7-2-3-8-20(16)17(21)13-5-4-6-15(9-13)24-10-14-11-25-12-19-14/h4-6,9,11-12,16H,2-3,7-8,10H2,1H3. The Bertz CT molecular complexity index is 732. The predicted molar refractivity (Wildman–Crippen MR) is 93.6 cm³/mol. The normalized spacial score (nSPS) is 17.2. The number of benzene rings is 1. The molecule has 1 saturated heterocycles. The zero-order valence-electron chi connectivity index (χ0n) is 14.0. The molecule has 1 aromatic heterocycles. The fraction of sp³-hybridized carbons (Fsp3) is 0.389. The van der Waals surface area contributed by atoms with Crippen LogP contribution in [-0.2, 0) is 16.1 Å². The average Bonchev–Trinajstić information content (AvgIpc) is 3.19. The number of methoxy groups -OCH3 is 1. The second kappa shape index (κ2) is 8.11. The number of ether oxygens (including phenoxy) is 2. The first-order valence-electron chi connectivity index (χ1n) is 8.18. The third-order valence-corrected chi connectivity index (χ3v) is 4.82. The van der Waals surface area contributed by atoms with E-state index in [-0.39, 0.29) is 11.9 Å². The van der Waals surface area contributed by atoms with E-state index in [1.54, 1.807) is 34.7 Å². The van der Waals surface area contributed by atoms with Gasteiger partial charge in [0, 0.05) is 17.5 Å². The zero-order chi connectivity index (χ0) is 17.6. The number of likely N-dealkylation sites (tertiary alicyclic amines) is 1. The van der Waals surface area contributed by atoms with Crippen molar-refractivity contribution >= 4 is 23.2 Å². The quantitative estimate of drug-likeness (QED) is 0.767. The Morgan fingerprint density at radius 1 is 1.36 bits per heavy atom. The minimum Gasteiger partial charge on any atom is -0.487 e. The Labute approximate surface area is 150 Å². The molecule has 1 atom stereocenters. The van der Waals surface area contributed by atoms with Gasteiger partial charge in [0.1, 0.15) is 18.4 Å². The van der Waals surface area contributed by atoms with Gasteiger partial charge in [-0.3, -0.25) is 4.79 Å². The number of hydrogen-bond acceptors (Lipinski definition) is 6. The van der Waals surface area contributed by atoms with Crippen LogP contribution in [0.25, 0.3) is 0 Å². The first-order valence-corrected chi connectivity index (χ1v) is 9.12. The Hall–Kier alpha value is -2.41. The molecule has 0 spiro atoms. The predicted octanol–water partition coefficient (Wildman–Crippen LogP) is 2.89. The molecule has 0 radical (unpaired) electrons. The van der Waals surface area contributed by atoms with Crippen LogP contribution in [0.3, 0.4) is 0 Å². The summed E-state index contributed by atoms with van der Waals surface area (Å²) in [5.41, 5.74) is 3.11. The highest BCUT2D eigenvalue weighted by Crippen LogP contribution is 2.23. The number of carbonyl (C=O) groups excluding carboxylic acids is 2. The van der Waals surface area contributed by atoms with Crippen molar-refractivity contribution in [2.75, 3.05) is 13.7 Å². The fourth-order valence-electron chi connectivity index (χ4n) is 2.91. The van der Waals surface area contributed by atoms with Crippen molar-refractivity contribution < 1.29 is 19.1 Å². The van der Waals surface area contributed by atoms with Crippen LogP contribution in [0.1, 0.15) is 35.3 Å². The van der Waals surface area contributed by atoms with Crippen LogP contribution in [0.4, 0.5) is 0 Å². The van der Waals surface area contributed by atoms with E-state index in [1.165, 1.54) is 18.4 Å². The van der Waals surface area contributed by atoms with E-state index in [4.69, 9.17) is 9.47 Å². The van der Waals surface area contributed by atoms with Crippen LogP contribution < -0.4 is 4.74 Å². The fourth-order valence-corrected chi connectivity index (χ4v) is 3.45. The van der Waals surface area contributed by atoms with E-state index in [9.17, 15) is 9.59 Å². The van der Waals surface area contributed by atoms with Gasteiger partial charge < -0.3 is 14.4 Å². The SMILES string of the molecule is COC(=O)C1CCCCN1C(=O)c1cccc(OCc2cscn2)c1. The van der Waals surface area contributed by atoms with Gasteiger partial charge in [-0.1, -0.05) is 6.07 Å². The van der Waals surface area contributed by atoms with Gasteiger partial charge >= 0.3 is 5.97 Å². The molecule has 1 fully saturated rings. The number of amides is 1. The molecule has 1 amide bonds. The molecular formula is C18H20N2O4S. The molecule has 132 valence electrons. The molecule has 2 heterocycles. The summed E-state index contributed by atoms with van der Waals surface area (Å²) < 4.78 is 10.6. The van der Waals surface area contributed by atoms with E-state index in [1.807, 2.05) is 5.38 Å². The number of rotatable bonds is 5. The monoisotopic (exact) mass is 360 g/mol. The Morgan fingerprint density at radius 3 is 3.00 bits per heavy atom. The third-order valence-electron chi connectivity index (χ3n) is 4.19. The van der Waals surface area contributed by atoms with Gasteiger partial charge in [0.05, 0.1) is 18.3 Å². The lowest BCUT2D eigenvalue weighted by Crippen LogP contribution is -2.48. The Morgan fingerprint density at radius 2 is 2.24 bits per heavy atom. The van der Waals surface area contributed by atoms with Crippen LogP contribution in [0.2, 0.25) is 0 Å².